The van der Waals surface area contributed by atoms with Crippen LogP contribution in [0.25, 0.3) is 0 Å². The van der Waals surface area contributed by atoms with Crippen molar-refractivity contribution in [3.63, 3.8) is 0 Å². The molecule has 2 saturated heterocycles. The van der Waals surface area contributed by atoms with E-state index in [4.69, 9.17) is 42.0 Å². The van der Waals surface area contributed by atoms with Crippen LogP contribution in [-0.4, -0.2) is 144 Å². The van der Waals surface area contributed by atoms with E-state index in [0.29, 0.717) is 45.4 Å². The average molecular weight is 604 g/mol. The molecule has 246 valence electrons. The van der Waals surface area contributed by atoms with Crippen LogP contribution in [0.1, 0.15) is 44.9 Å². The Labute approximate surface area is 241 Å². The van der Waals surface area contributed by atoms with Gasteiger partial charge in [0.2, 0.25) is 6.29 Å². The molecule has 2 heterocycles. The molecule has 11 atom stereocenters. The van der Waals surface area contributed by atoms with E-state index in [1.807, 2.05) is 0 Å². The summed E-state index contributed by atoms with van der Waals surface area (Å²) in [6.07, 6.45) is -1.15. The highest BCUT2D eigenvalue weighted by molar-refractivity contribution is 4.93. The largest absolute Gasteiger partial charge is 0.400 e. The Bertz CT molecular complexity index is 640. The van der Waals surface area contributed by atoms with Gasteiger partial charge in [0.1, 0.15) is 12.2 Å². The first-order valence-electron chi connectivity index (χ1n) is 14.3. The molecular formula is C25H54FN5O10. The number of nitrogens with one attached hydrogen (secondary N) is 2. The number of aliphatic hydroxyl groups is 6. The van der Waals surface area contributed by atoms with Crippen LogP contribution in [0.5, 0.6) is 0 Å². The van der Waals surface area contributed by atoms with Gasteiger partial charge in [-0.1, -0.05) is 0 Å². The number of halogens is 1. The van der Waals surface area contributed by atoms with E-state index in [2.05, 4.69) is 20.3 Å². The van der Waals surface area contributed by atoms with Crippen LogP contribution in [0.2, 0.25) is 0 Å². The maximum absolute atomic E-state index is 11.4. The molecule has 0 amide bonds. The van der Waals surface area contributed by atoms with E-state index < -0.39 is 49.2 Å². The van der Waals surface area contributed by atoms with Crippen molar-refractivity contribution in [3.05, 3.63) is 0 Å². The molecule has 0 aromatic rings. The van der Waals surface area contributed by atoms with Gasteiger partial charge in [0.25, 0.3) is 0 Å². The van der Waals surface area contributed by atoms with Crippen LogP contribution in [-0.2, 0) is 19.2 Å². The van der Waals surface area contributed by atoms with Crippen molar-refractivity contribution in [2.24, 2.45) is 17.2 Å². The van der Waals surface area contributed by atoms with Crippen molar-refractivity contribution in [3.8, 4) is 0 Å². The summed E-state index contributed by atoms with van der Waals surface area (Å²) in [5.74, 6) is 0. The third kappa shape index (κ3) is 15.1. The molecule has 14 N–H and O–H groups in total. The number of ether oxygens (including phenoxy) is 3. The van der Waals surface area contributed by atoms with E-state index in [0.717, 1.165) is 26.4 Å². The third-order valence-corrected chi connectivity index (χ3v) is 7.04. The van der Waals surface area contributed by atoms with Crippen LogP contribution in [0.3, 0.4) is 0 Å². The number of nitrogens with two attached hydrogens (primary N) is 3. The zero-order valence-corrected chi connectivity index (χ0v) is 24.0. The van der Waals surface area contributed by atoms with Crippen LogP contribution in [0.15, 0.2) is 0 Å². The van der Waals surface area contributed by atoms with Gasteiger partial charge in [-0.25, -0.2) is 0 Å². The molecule has 1 saturated carbocycles. The van der Waals surface area contributed by atoms with E-state index >= 15 is 0 Å². The van der Waals surface area contributed by atoms with Crippen LogP contribution >= 0.6 is 0 Å². The van der Waals surface area contributed by atoms with Crippen LogP contribution in [0, 0.1) is 0 Å². The van der Waals surface area contributed by atoms with Crippen LogP contribution in [0.4, 0.5) is 4.53 Å². The smallest absolute Gasteiger partial charge is 0.223 e. The topological polar surface area (TPSA) is 260 Å². The Kier molecular flexibility index (Phi) is 20.5. The molecule has 0 bridgehead atoms. The zero-order valence-electron chi connectivity index (χ0n) is 24.0. The number of aliphatic hydroxyl groups excluding tert-OH is 6. The van der Waals surface area contributed by atoms with Crippen LogP contribution < -0.4 is 27.8 Å². The SMILES string of the molecule is CO.NCCC(O)CNCC1CCC[C@@H](O[C@@H]2C(N)CC(NCC(O)CN)CC2O)O1.OC1COC(OF)C(O)C1. The highest BCUT2D eigenvalue weighted by atomic mass is 19.3. The molecule has 0 aromatic carbocycles. The van der Waals surface area contributed by atoms with Gasteiger partial charge in [-0.05, 0) is 49.6 Å². The van der Waals surface area contributed by atoms with Gasteiger partial charge >= 0.3 is 0 Å². The quantitative estimate of drug-likeness (QED) is 0.0967. The predicted molar refractivity (Wildman–Crippen MR) is 147 cm³/mol. The van der Waals surface area contributed by atoms with Crippen molar-refractivity contribution in [1.29, 1.82) is 0 Å². The summed E-state index contributed by atoms with van der Waals surface area (Å²) in [5.41, 5.74) is 17.1. The lowest BCUT2D eigenvalue weighted by molar-refractivity contribution is -0.324. The van der Waals surface area contributed by atoms with Crippen molar-refractivity contribution in [2.75, 3.05) is 46.4 Å². The number of rotatable bonds is 13. The van der Waals surface area contributed by atoms with E-state index in [9.17, 15) is 19.8 Å². The molecule has 0 aromatic heterocycles. The summed E-state index contributed by atoms with van der Waals surface area (Å²) in [5, 5.41) is 61.0. The van der Waals surface area contributed by atoms with Gasteiger partial charge in [0.05, 0.1) is 37.1 Å². The van der Waals surface area contributed by atoms with Gasteiger partial charge in [-0.2, -0.15) is 4.94 Å². The Morgan fingerprint density at radius 1 is 1.00 bits per heavy atom. The second-order valence-corrected chi connectivity index (χ2v) is 10.6. The molecule has 0 spiro atoms. The normalized spacial score (nSPS) is 35.3. The van der Waals surface area contributed by atoms with Gasteiger partial charge in [-0.3, -0.25) is 0 Å². The first-order chi connectivity index (χ1) is 19.7. The molecule has 3 aliphatic rings. The summed E-state index contributed by atoms with van der Waals surface area (Å²) in [7, 11) is 1.00. The molecule has 9 unspecified atom stereocenters. The lowest BCUT2D eigenvalue weighted by Crippen LogP contribution is -2.57. The minimum atomic E-state index is -1.23. The molecular weight excluding hydrogens is 549 g/mol. The second-order valence-electron chi connectivity index (χ2n) is 10.6. The lowest BCUT2D eigenvalue weighted by Gasteiger charge is -2.41. The molecule has 2 aliphatic heterocycles. The maximum atomic E-state index is 11.4. The number of hydrogen-bond donors (Lipinski definition) is 11. The van der Waals surface area contributed by atoms with Crippen molar-refractivity contribution in [1.82, 2.24) is 10.6 Å². The minimum Gasteiger partial charge on any atom is -0.400 e. The highest BCUT2D eigenvalue weighted by Crippen LogP contribution is 2.27. The fraction of sp³-hybridized carbons (Fsp3) is 1.00. The molecule has 16 heteroatoms. The fourth-order valence-electron chi connectivity index (χ4n) is 4.87. The molecule has 3 rings (SSSR count). The van der Waals surface area contributed by atoms with E-state index in [-0.39, 0.29) is 37.8 Å². The Hall–Kier alpha value is -0.670. The minimum absolute atomic E-state index is 0.00273. The molecule has 0 radical (unpaired) electrons. The van der Waals surface area contributed by atoms with Crippen molar-refractivity contribution < 1.29 is 54.3 Å². The Morgan fingerprint density at radius 3 is 2.34 bits per heavy atom. The summed E-state index contributed by atoms with van der Waals surface area (Å²) in [6.45, 7) is 2.17. The van der Waals surface area contributed by atoms with Crippen molar-refractivity contribution >= 4 is 0 Å². The average Bonchev–Trinajstić information content (AvgIpc) is 2.95. The highest BCUT2D eigenvalue weighted by Gasteiger charge is 2.38. The predicted octanol–water partition coefficient (Wildman–Crippen LogP) is -3.71. The Balaban J connectivity index is 0.000000584. The first kappa shape index (κ1) is 38.4. The van der Waals surface area contributed by atoms with Gasteiger partial charge in [0.15, 0.2) is 6.29 Å². The fourth-order valence-corrected chi connectivity index (χ4v) is 4.87. The van der Waals surface area contributed by atoms with Gasteiger partial charge < -0.3 is 72.7 Å². The lowest BCUT2D eigenvalue weighted by atomic mass is 9.86. The monoisotopic (exact) mass is 603 g/mol. The zero-order chi connectivity index (χ0) is 30.8. The third-order valence-electron chi connectivity index (χ3n) is 7.04. The Morgan fingerprint density at radius 2 is 1.73 bits per heavy atom. The molecule has 1 aliphatic carbocycles. The summed E-state index contributed by atoms with van der Waals surface area (Å²) in [4.78, 5) is 3.27. The summed E-state index contributed by atoms with van der Waals surface area (Å²) in [6, 6.07) is -0.301. The molecule has 41 heavy (non-hydrogen) atoms. The molecule has 15 nitrogen and oxygen atoms in total. The van der Waals surface area contributed by atoms with Crippen molar-refractivity contribution in [2.45, 2.75) is 112 Å². The van der Waals surface area contributed by atoms with E-state index in [1.54, 1.807) is 0 Å². The summed E-state index contributed by atoms with van der Waals surface area (Å²) < 4.78 is 28.0. The van der Waals surface area contributed by atoms with E-state index in [1.165, 1.54) is 0 Å². The maximum Gasteiger partial charge on any atom is 0.223 e. The second kappa shape index (κ2) is 21.9. The summed E-state index contributed by atoms with van der Waals surface area (Å²) >= 11 is 0. The van der Waals surface area contributed by atoms with Gasteiger partial charge in [0, 0.05) is 51.8 Å². The van der Waals surface area contributed by atoms with Gasteiger partial charge in [-0.15, -0.1) is 0 Å². The first-order valence-corrected chi connectivity index (χ1v) is 14.3. The molecule has 3 fully saturated rings. The number of hydrogen-bond acceptors (Lipinski definition) is 15. The standard InChI is InChI=1S/C19H41N5O5.C5H9FO4.CH4O/c20-5-4-13(25)9-23-11-15-2-1-3-18(28-15)29-19-16(22)6-12(7-17(19)27)24-10-14(26)8-21;6-10-5-4(8)1-3(7)2-9-5;1-2/h12-19,23-27H,1-11,20-22H2;3-5,7-8H,1-2H2;2H,1H3/t12?,13?,14?,15?,16?,17?,18-,19-;;/m1../s1.